The van der Waals surface area contributed by atoms with Gasteiger partial charge in [-0.15, -0.1) is 0 Å². The van der Waals surface area contributed by atoms with Gasteiger partial charge in [0.2, 0.25) is 0 Å². The highest BCUT2D eigenvalue weighted by atomic mass is 19.2. The average molecular weight is 425 g/mol. The second kappa shape index (κ2) is 9.41. The van der Waals surface area contributed by atoms with Gasteiger partial charge < -0.3 is 15.2 Å². The van der Waals surface area contributed by atoms with Gasteiger partial charge in [-0.05, 0) is 42.8 Å². The molecule has 1 aromatic heterocycles. The molecule has 0 saturated carbocycles. The fourth-order valence-corrected chi connectivity index (χ4v) is 3.66. The van der Waals surface area contributed by atoms with Crippen LogP contribution in [0.5, 0.6) is 5.75 Å². The number of morpholine rings is 1. The number of hydrogen-bond acceptors (Lipinski definition) is 5. The quantitative estimate of drug-likeness (QED) is 0.611. The molecule has 3 aromatic rings. The van der Waals surface area contributed by atoms with Gasteiger partial charge in [-0.1, -0.05) is 23.8 Å². The van der Waals surface area contributed by atoms with Gasteiger partial charge in [-0.25, -0.2) is 13.8 Å². The number of halogens is 2. The molecule has 31 heavy (non-hydrogen) atoms. The van der Waals surface area contributed by atoms with Crippen LogP contribution in [0.1, 0.15) is 5.56 Å². The lowest BCUT2D eigenvalue weighted by Crippen LogP contribution is -2.39. The molecule has 2 heterocycles. The Hall–Kier alpha value is -3.03. The number of phenols is 1. The van der Waals surface area contributed by atoms with Crippen LogP contribution in [0.25, 0.3) is 22.4 Å². The van der Waals surface area contributed by atoms with Crippen molar-refractivity contribution >= 4 is 5.82 Å². The van der Waals surface area contributed by atoms with E-state index in [2.05, 4.69) is 15.2 Å². The molecular weight excluding hydrogens is 400 g/mol. The first-order valence-corrected chi connectivity index (χ1v) is 10.3. The second-order valence-electron chi connectivity index (χ2n) is 7.63. The second-order valence-corrected chi connectivity index (χ2v) is 7.63. The minimum Gasteiger partial charge on any atom is -0.507 e. The molecule has 4 rings (SSSR count). The Kier molecular flexibility index (Phi) is 6.44. The number of aromatic nitrogens is 1. The highest BCUT2D eigenvalue weighted by molar-refractivity contribution is 5.76. The first-order chi connectivity index (χ1) is 15.0. The number of ether oxygens (including phenoxy) is 1. The highest BCUT2D eigenvalue weighted by Crippen LogP contribution is 2.34. The fourth-order valence-electron chi connectivity index (χ4n) is 3.66. The van der Waals surface area contributed by atoms with E-state index in [9.17, 15) is 13.9 Å². The van der Waals surface area contributed by atoms with Crippen molar-refractivity contribution in [1.82, 2.24) is 9.88 Å². The molecule has 0 atom stereocenters. The molecule has 2 aromatic carbocycles. The summed E-state index contributed by atoms with van der Waals surface area (Å²) in [6.45, 7) is 6.58. The third kappa shape index (κ3) is 5.00. The molecule has 0 aliphatic carbocycles. The van der Waals surface area contributed by atoms with Crippen molar-refractivity contribution < 1.29 is 18.6 Å². The molecule has 5 nitrogen and oxygen atoms in total. The molecule has 162 valence electrons. The summed E-state index contributed by atoms with van der Waals surface area (Å²) in [5.74, 6) is -1.21. The lowest BCUT2D eigenvalue weighted by molar-refractivity contribution is 0.0398. The van der Waals surface area contributed by atoms with E-state index >= 15 is 0 Å². The monoisotopic (exact) mass is 425 g/mol. The molecule has 0 amide bonds. The Morgan fingerprint density at radius 2 is 1.87 bits per heavy atom. The molecular formula is C24H25F2N3O2. The number of pyridine rings is 1. The lowest BCUT2D eigenvalue weighted by atomic mass is 10.0. The van der Waals surface area contributed by atoms with Crippen LogP contribution < -0.4 is 5.32 Å². The number of nitrogens with one attached hydrogen (secondary N) is 1. The maximum absolute atomic E-state index is 14.5. The molecule has 7 heteroatoms. The predicted molar refractivity (Wildman–Crippen MR) is 117 cm³/mol. The Bertz CT molecular complexity index is 1050. The van der Waals surface area contributed by atoms with Gasteiger partial charge in [-0.3, -0.25) is 4.90 Å². The zero-order valence-electron chi connectivity index (χ0n) is 17.4. The third-order valence-corrected chi connectivity index (χ3v) is 5.35. The third-order valence-electron chi connectivity index (χ3n) is 5.35. The SMILES string of the molecule is Cc1ccc(O)c(-c2cc(-c3cccc(F)c3F)cc(NCCN3CCOCC3)n2)c1. The zero-order valence-corrected chi connectivity index (χ0v) is 17.4. The Balaban J connectivity index is 1.68. The summed E-state index contributed by atoms with van der Waals surface area (Å²) < 4.78 is 33.7. The van der Waals surface area contributed by atoms with E-state index in [0.717, 1.165) is 44.5 Å². The summed E-state index contributed by atoms with van der Waals surface area (Å²) in [5, 5.41) is 13.7. The minimum absolute atomic E-state index is 0.0780. The van der Waals surface area contributed by atoms with Crippen molar-refractivity contribution in [2.45, 2.75) is 6.92 Å². The van der Waals surface area contributed by atoms with Crippen molar-refractivity contribution in [2.24, 2.45) is 0 Å². The molecule has 1 saturated heterocycles. The van der Waals surface area contributed by atoms with Crippen molar-refractivity contribution in [3.63, 3.8) is 0 Å². The Labute approximate surface area is 180 Å². The average Bonchev–Trinajstić information content (AvgIpc) is 2.78. The van der Waals surface area contributed by atoms with Gasteiger partial charge >= 0.3 is 0 Å². The fraction of sp³-hybridized carbons (Fsp3) is 0.292. The number of aromatic hydroxyl groups is 1. The number of anilines is 1. The topological polar surface area (TPSA) is 57.6 Å². The summed E-state index contributed by atoms with van der Waals surface area (Å²) >= 11 is 0. The largest absolute Gasteiger partial charge is 0.507 e. The summed E-state index contributed by atoms with van der Waals surface area (Å²) in [6, 6.07) is 12.7. The van der Waals surface area contributed by atoms with Gasteiger partial charge in [0.15, 0.2) is 11.6 Å². The van der Waals surface area contributed by atoms with Gasteiger partial charge in [0.05, 0.1) is 18.9 Å². The Morgan fingerprint density at radius 3 is 2.68 bits per heavy atom. The molecule has 0 unspecified atom stereocenters. The van der Waals surface area contributed by atoms with Crippen LogP contribution >= 0.6 is 0 Å². The van der Waals surface area contributed by atoms with Gasteiger partial charge in [0.1, 0.15) is 11.6 Å². The Morgan fingerprint density at radius 1 is 1.06 bits per heavy atom. The number of benzene rings is 2. The molecule has 1 fully saturated rings. The molecule has 0 radical (unpaired) electrons. The minimum atomic E-state index is -0.910. The maximum atomic E-state index is 14.5. The number of rotatable bonds is 6. The smallest absolute Gasteiger partial charge is 0.166 e. The molecule has 0 spiro atoms. The lowest BCUT2D eigenvalue weighted by Gasteiger charge is -2.26. The van der Waals surface area contributed by atoms with E-state index < -0.39 is 11.6 Å². The van der Waals surface area contributed by atoms with Crippen LogP contribution in [-0.4, -0.2) is 54.4 Å². The van der Waals surface area contributed by atoms with E-state index in [1.165, 1.54) is 12.1 Å². The van der Waals surface area contributed by atoms with E-state index in [1.54, 1.807) is 24.3 Å². The first kappa shape index (κ1) is 21.2. The zero-order chi connectivity index (χ0) is 21.8. The van der Waals surface area contributed by atoms with Crippen LogP contribution in [0, 0.1) is 18.6 Å². The maximum Gasteiger partial charge on any atom is 0.166 e. The van der Waals surface area contributed by atoms with Gasteiger partial charge in [-0.2, -0.15) is 0 Å². The number of aryl methyl sites for hydroxylation is 1. The summed E-state index contributed by atoms with van der Waals surface area (Å²) in [5.41, 5.74) is 2.61. The van der Waals surface area contributed by atoms with Crippen molar-refractivity contribution in [3.05, 3.63) is 65.7 Å². The summed E-state index contributed by atoms with van der Waals surface area (Å²) in [4.78, 5) is 6.93. The number of nitrogens with zero attached hydrogens (tertiary/aromatic N) is 2. The van der Waals surface area contributed by atoms with E-state index in [1.807, 2.05) is 13.0 Å². The number of phenolic OH excluding ortho intramolecular Hbond substituents is 1. The first-order valence-electron chi connectivity index (χ1n) is 10.3. The van der Waals surface area contributed by atoms with Crippen molar-refractivity contribution in [2.75, 3.05) is 44.7 Å². The highest BCUT2D eigenvalue weighted by Gasteiger charge is 2.15. The van der Waals surface area contributed by atoms with Crippen molar-refractivity contribution in [3.8, 4) is 28.1 Å². The normalized spacial score (nSPS) is 14.5. The van der Waals surface area contributed by atoms with Gasteiger partial charge in [0.25, 0.3) is 0 Å². The summed E-state index contributed by atoms with van der Waals surface area (Å²) in [7, 11) is 0. The van der Waals surface area contributed by atoms with E-state index in [-0.39, 0.29) is 11.3 Å². The van der Waals surface area contributed by atoms with Gasteiger partial charge in [0, 0.05) is 37.3 Å². The van der Waals surface area contributed by atoms with E-state index in [0.29, 0.717) is 29.2 Å². The molecule has 0 bridgehead atoms. The summed E-state index contributed by atoms with van der Waals surface area (Å²) in [6.07, 6.45) is 0. The van der Waals surface area contributed by atoms with E-state index in [4.69, 9.17) is 4.74 Å². The van der Waals surface area contributed by atoms with Crippen LogP contribution in [0.15, 0.2) is 48.5 Å². The van der Waals surface area contributed by atoms with Crippen molar-refractivity contribution in [1.29, 1.82) is 0 Å². The van der Waals surface area contributed by atoms with Crippen LogP contribution in [-0.2, 0) is 4.74 Å². The number of hydrogen-bond donors (Lipinski definition) is 2. The van der Waals surface area contributed by atoms with Crippen LogP contribution in [0.4, 0.5) is 14.6 Å². The van der Waals surface area contributed by atoms with Crippen LogP contribution in [0.3, 0.4) is 0 Å². The standard InChI is InChI=1S/C24H25F2N3O2/c1-16-5-6-22(30)19(13-16)21-14-17(18-3-2-4-20(25)24(18)26)15-23(28-21)27-7-8-29-9-11-31-12-10-29/h2-6,13-15,30H,7-12H2,1H3,(H,27,28). The molecule has 1 aliphatic heterocycles. The predicted octanol–water partition coefficient (Wildman–Crippen LogP) is 4.45. The molecule has 2 N–H and O–H groups in total. The van der Waals surface area contributed by atoms with Crippen LogP contribution in [0.2, 0.25) is 0 Å². The molecule has 1 aliphatic rings.